The third-order valence-electron chi connectivity index (χ3n) is 2.57. The van der Waals surface area contributed by atoms with Gasteiger partial charge in [-0.3, -0.25) is 4.79 Å². The van der Waals surface area contributed by atoms with Crippen LogP contribution in [0, 0.1) is 5.92 Å². The van der Waals surface area contributed by atoms with E-state index in [1.165, 1.54) is 18.2 Å². The molecular weight excluding hydrogens is 238 g/mol. The second-order valence-corrected chi connectivity index (χ2v) is 3.95. The van der Waals surface area contributed by atoms with E-state index in [2.05, 4.69) is 5.32 Å². The van der Waals surface area contributed by atoms with E-state index in [1.807, 2.05) is 0 Å². The average molecular weight is 253 g/mol. The number of hydrogen-bond donors (Lipinski definition) is 4. The number of nitrogens with one attached hydrogen (secondary N) is 1. The Kier molecular flexibility index (Phi) is 4.67. The third kappa shape index (κ3) is 3.46. The first-order valence-electron chi connectivity index (χ1n) is 5.38. The number of rotatable bonds is 6. The first-order chi connectivity index (χ1) is 8.45. The van der Waals surface area contributed by atoms with Crippen LogP contribution in [0.2, 0.25) is 0 Å². The Morgan fingerprint density at radius 3 is 2.50 bits per heavy atom. The molecule has 1 aromatic rings. The van der Waals surface area contributed by atoms with E-state index in [-0.39, 0.29) is 17.7 Å². The van der Waals surface area contributed by atoms with Crippen molar-refractivity contribution in [2.75, 3.05) is 13.6 Å². The Balaban J connectivity index is 2.93. The smallest absolute Gasteiger partial charge is 0.339 e. The molecule has 0 saturated carbocycles. The van der Waals surface area contributed by atoms with Gasteiger partial charge >= 0.3 is 11.9 Å². The molecule has 1 rings (SSSR count). The number of hydrogen-bond acceptors (Lipinski definition) is 4. The molecule has 0 aromatic heterocycles. The van der Waals surface area contributed by atoms with E-state index in [0.717, 1.165) is 0 Å². The molecule has 0 heterocycles. The minimum absolute atomic E-state index is 0.205. The first kappa shape index (κ1) is 14.0. The van der Waals surface area contributed by atoms with Gasteiger partial charge in [0.15, 0.2) is 0 Å². The van der Waals surface area contributed by atoms with E-state index in [4.69, 9.17) is 10.2 Å². The number of benzene rings is 1. The predicted octanol–water partition coefficient (Wildman–Crippen LogP) is 0.553. The van der Waals surface area contributed by atoms with Crippen LogP contribution < -0.4 is 5.32 Å². The Bertz CT molecular complexity index is 458. The van der Waals surface area contributed by atoms with Gasteiger partial charge in [0.2, 0.25) is 0 Å². The van der Waals surface area contributed by atoms with Crippen molar-refractivity contribution in [1.82, 2.24) is 5.32 Å². The van der Waals surface area contributed by atoms with Crippen LogP contribution in [0.15, 0.2) is 18.2 Å². The molecule has 6 nitrogen and oxygen atoms in total. The number of carboxylic acid groups (broad SMARTS) is 2. The predicted molar refractivity (Wildman–Crippen MR) is 63.8 cm³/mol. The highest BCUT2D eigenvalue weighted by Gasteiger charge is 2.18. The van der Waals surface area contributed by atoms with E-state index < -0.39 is 17.9 Å². The van der Waals surface area contributed by atoms with Crippen molar-refractivity contribution < 1.29 is 24.9 Å². The maximum atomic E-state index is 11.0. The fourth-order valence-electron chi connectivity index (χ4n) is 1.66. The lowest BCUT2D eigenvalue weighted by molar-refractivity contribution is -0.141. The lowest BCUT2D eigenvalue weighted by Gasteiger charge is -2.12. The molecular formula is C12H15NO5. The number of phenols is 1. The van der Waals surface area contributed by atoms with Gasteiger partial charge in [-0.05, 0) is 31.2 Å². The van der Waals surface area contributed by atoms with Gasteiger partial charge in [0.1, 0.15) is 11.3 Å². The molecule has 18 heavy (non-hydrogen) atoms. The van der Waals surface area contributed by atoms with E-state index in [9.17, 15) is 14.7 Å². The fourth-order valence-corrected chi connectivity index (χ4v) is 1.66. The topological polar surface area (TPSA) is 107 Å². The average Bonchev–Trinajstić information content (AvgIpc) is 2.30. The summed E-state index contributed by atoms with van der Waals surface area (Å²) in [5, 5.41) is 30.0. The van der Waals surface area contributed by atoms with Crippen LogP contribution in [0.3, 0.4) is 0 Å². The molecule has 98 valence electrons. The van der Waals surface area contributed by atoms with Crippen molar-refractivity contribution in [3.63, 3.8) is 0 Å². The highest BCUT2D eigenvalue weighted by atomic mass is 16.4. The lowest BCUT2D eigenvalue weighted by atomic mass is 9.97. The first-order valence-corrected chi connectivity index (χ1v) is 5.38. The zero-order valence-electron chi connectivity index (χ0n) is 9.88. The standard InChI is InChI=1S/C12H15NO5/c1-13-6-8(11(15)16)4-7-2-3-10(14)9(5-7)12(17)18/h2-3,5,8,13-14H,4,6H2,1H3,(H,15,16)(H,17,18). The minimum Gasteiger partial charge on any atom is -0.507 e. The Labute approximate surface area is 104 Å². The Morgan fingerprint density at radius 1 is 1.33 bits per heavy atom. The summed E-state index contributed by atoms with van der Waals surface area (Å²) in [5.41, 5.74) is 0.342. The van der Waals surface area contributed by atoms with Crippen molar-refractivity contribution in [2.45, 2.75) is 6.42 Å². The molecule has 0 amide bonds. The van der Waals surface area contributed by atoms with E-state index in [1.54, 1.807) is 7.05 Å². The summed E-state index contributed by atoms with van der Waals surface area (Å²) in [6, 6.07) is 4.08. The van der Waals surface area contributed by atoms with Crippen LogP contribution in [-0.2, 0) is 11.2 Å². The molecule has 0 radical (unpaired) electrons. The number of carbonyl (C=O) groups is 2. The lowest BCUT2D eigenvalue weighted by Crippen LogP contribution is -2.27. The molecule has 0 saturated heterocycles. The molecule has 4 N–H and O–H groups in total. The summed E-state index contributed by atoms with van der Waals surface area (Å²) in [7, 11) is 1.65. The summed E-state index contributed by atoms with van der Waals surface area (Å²) in [6.07, 6.45) is 0.205. The molecule has 0 aliphatic carbocycles. The summed E-state index contributed by atoms with van der Waals surface area (Å²) < 4.78 is 0. The Hall–Kier alpha value is -2.08. The number of aliphatic carboxylic acids is 1. The van der Waals surface area contributed by atoms with Crippen LogP contribution in [0.5, 0.6) is 5.75 Å². The van der Waals surface area contributed by atoms with Crippen molar-refractivity contribution in [1.29, 1.82) is 0 Å². The molecule has 0 fully saturated rings. The normalized spacial score (nSPS) is 12.1. The van der Waals surface area contributed by atoms with Gasteiger partial charge in [0.25, 0.3) is 0 Å². The number of carboxylic acids is 2. The van der Waals surface area contributed by atoms with Crippen molar-refractivity contribution in [2.24, 2.45) is 5.92 Å². The van der Waals surface area contributed by atoms with Crippen LogP contribution >= 0.6 is 0 Å². The monoisotopic (exact) mass is 253 g/mol. The van der Waals surface area contributed by atoms with Crippen LogP contribution in [0.1, 0.15) is 15.9 Å². The second kappa shape index (κ2) is 6.02. The van der Waals surface area contributed by atoms with Crippen molar-refractivity contribution >= 4 is 11.9 Å². The summed E-state index contributed by atoms with van der Waals surface area (Å²) in [5.74, 6) is -3.16. The largest absolute Gasteiger partial charge is 0.507 e. The molecule has 0 spiro atoms. The van der Waals surface area contributed by atoms with Crippen LogP contribution in [-0.4, -0.2) is 40.9 Å². The third-order valence-corrected chi connectivity index (χ3v) is 2.57. The zero-order chi connectivity index (χ0) is 13.7. The summed E-state index contributed by atoms with van der Waals surface area (Å²) >= 11 is 0. The molecule has 0 aliphatic rings. The van der Waals surface area contributed by atoms with Gasteiger partial charge in [0, 0.05) is 6.54 Å². The summed E-state index contributed by atoms with van der Waals surface area (Å²) in [4.78, 5) is 21.8. The van der Waals surface area contributed by atoms with Crippen molar-refractivity contribution in [3.8, 4) is 5.75 Å². The van der Waals surface area contributed by atoms with Gasteiger partial charge in [-0.2, -0.15) is 0 Å². The Morgan fingerprint density at radius 2 is 2.00 bits per heavy atom. The zero-order valence-corrected chi connectivity index (χ0v) is 9.88. The van der Waals surface area contributed by atoms with E-state index >= 15 is 0 Å². The van der Waals surface area contributed by atoms with Gasteiger partial charge in [-0.1, -0.05) is 6.07 Å². The second-order valence-electron chi connectivity index (χ2n) is 3.95. The van der Waals surface area contributed by atoms with Gasteiger partial charge in [0.05, 0.1) is 5.92 Å². The molecule has 6 heteroatoms. The fraction of sp³-hybridized carbons (Fsp3) is 0.333. The highest BCUT2D eigenvalue weighted by molar-refractivity contribution is 5.91. The highest BCUT2D eigenvalue weighted by Crippen LogP contribution is 2.20. The summed E-state index contributed by atoms with van der Waals surface area (Å²) in [6.45, 7) is 0.290. The van der Waals surface area contributed by atoms with Gasteiger partial charge < -0.3 is 20.6 Å². The van der Waals surface area contributed by atoms with Crippen LogP contribution in [0.25, 0.3) is 0 Å². The molecule has 1 atom stereocenters. The number of aromatic carboxylic acids is 1. The van der Waals surface area contributed by atoms with Crippen LogP contribution in [0.4, 0.5) is 0 Å². The van der Waals surface area contributed by atoms with E-state index in [0.29, 0.717) is 12.1 Å². The molecule has 1 unspecified atom stereocenters. The maximum Gasteiger partial charge on any atom is 0.339 e. The number of aromatic hydroxyl groups is 1. The van der Waals surface area contributed by atoms with Gasteiger partial charge in [-0.15, -0.1) is 0 Å². The quantitative estimate of drug-likeness (QED) is 0.590. The maximum absolute atomic E-state index is 11.0. The minimum atomic E-state index is -1.24. The molecule has 0 bridgehead atoms. The van der Waals surface area contributed by atoms with Crippen molar-refractivity contribution in [3.05, 3.63) is 29.3 Å². The molecule has 0 aliphatic heterocycles. The SMILES string of the molecule is CNCC(Cc1ccc(O)c(C(=O)O)c1)C(=O)O. The molecule has 1 aromatic carbocycles. The van der Waals surface area contributed by atoms with Gasteiger partial charge in [-0.25, -0.2) is 4.79 Å².